The van der Waals surface area contributed by atoms with E-state index in [2.05, 4.69) is 6.07 Å². The van der Waals surface area contributed by atoms with Crippen LogP contribution in [0.15, 0.2) is 30.3 Å². The predicted molar refractivity (Wildman–Crippen MR) is 68.3 cm³/mol. The Bertz CT molecular complexity index is 488. The van der Waals surface area contributed by atoms with Gasteiger partial charge in [-0.1, -0.05) is 37.3 Å². The minimum atomic E-state index is -3.19. The monoisotopic (exact) mass is 251 g/mol. The van der Waals surface area contributed by atoms with Gasteiger partial charge in [-0.15, -0.1) is 0 Å². The van der Waals surface area contributed by atoms with E-state index in [1.54, 1.807) is 19.1 Å². The van der Waals surface area contributed by atoms with Crippen LogP contribution in [0.1, 0.15) is 31.7 Å². The smallest absolute Gasteiger partial charge is 0.154 e. The second-order valence-corrected chi connectivity index (χ2v) is 6.60. The van der Waals surface area contributed by atoms with Crippen molar-refractivity contribution in [1.82, 2.24) is 0 Å². The summed E-state index contributed by atoms with van der Waals surface area (Å²) in [6, 6.07) is 11.1. The zero-order chi connectivity index (χ0) is 12.9. The first-order valence-electron chi connectivity index (χ1n) is 5.67. The number of hydrogen-bond donors (Lipinski definition) is 0. The number of nitrogens with zero attached hydrogens (tertiary/aromatic N) is 1. The van der Waals surface area contributed by atoms with Crippen LogP contribution in [0.3, 0.4) is 0 Å². The van der Waals surface area contributed by atoms with E-state index in [1.165, 1.54) is 0 Å². The Morgan fingerprint density at radius 2 is 1.88 bits per heavy atom. The van der Waals surface area contributed by atoms with E-state index >= 15 is 0 Å². The summed E-state index contributed by atoms with van der Waals surface area (Å²) < 4.78 is 23.9. The molecule has 2 unspecified atom stereocenters. The van der Waals surface area contributed by atoms with E-state index in [-0.39, 0.29) is 11.0 Å². The molecule has 0 amide bonds. The Labute approximate surface area is 103 Å². The molecule has 3 nitrogen and oxygen atoms in total. The zero-order valence-electron chi connectivity index (χ0n) is 10.1. The van der Waals surface area contributed by atoms with Gasteiger partial charge in [0.1, 0.15) is 0 Å². The van der Waals surface area contributed by atoms with Gasteiger partial charge in [0.25, 0.3) is 0 Å². The molecule has 92 valence electrons. The largest absolute Gasteiger partial charge is 0.229 e. The van der Waals surface area contributed by atoms with Crippen LogP contribution in [0, 0.1) is 11.3 Å². The van der Waals surface area contributed by atoms with Gasteiger partial charge in [-0.25, -0.2) is 8.42 Å². The second kappa shape index (κ2) is 5.83. The van der Waals surface area contributed by atoms with Gasteiger partial charge < -0.3 is 0 Å². The summed E-state index contributed by atoms with van der Waals surface area (Å²) in [6.07, 6.45) is 0.579. The first-order valence-corrected chi connectivity index (χ1v) is 7.39. The highest BCUT2D eigenvalue weighted by Crippen LogP contribution is 2.19. The maximum Gasteiger partial charge on any atom is 0.154 e. The lowest BCUT2D eigenvalue weighted by molar-refractivity contribution is 0.578. The van der Waals surface area contributed by atoms with E-state index in [9.17, 15) is 8.42 Å². The van der Waals surface area contributed by atoms with Crippen LogP contribution >= 0.6 is 0 Å². The highest BCUT2D eigenvalue weighted by atomic mass is 32.2. The van der Waals surface area contributed by atoms with E-state index in [1.807, 2.05) is 25.1 Å². The molecule has 1 rings (SSSR count). The molecule has 0 spiro atoms. The van der Waals surface area contributed by atoms with Gasteiger partial charge >= 0.3 is 0 Å². The van der Waals surface area contributed by atoms with Crippen molar-refractivity contribution in [2.45, 2.75) is 31.4 Å². The van der Waals surface area contributed by atoms with E-state index in [4.69, 9.17) is 5.26 Å². The molecular weight excluding hydrogens is 234 g/mol. The number of benzene rings is 1. The molecule has 0 radical (unpaired) electrons. The molecule has 0 saturated carbocycles. The van der Waals surface area contributed by atoms with Crippen LogP contribution in [-0.4, -0.2) is 19.4 Å². The summed E-state index contributed by atoms with van der Waals surface area (Å²) in [4.78, 5) is 0. The molecule has 1 aromatic carbocycles. The van der Waals surface area contributed by atoms with Gasteiger partial charge in [0.2, 0.25) is 0 Å². The molecule has 0 heterocycles. The number of hydrogen-bond acceptors (Lipinski definition) is 3. The fourth-order valence-electron chi connectivity index (χ4n) is 1.54. The Kier molecular flexibility index (Phi) is 4.71. The van der Waals surface area contributed by atoms with E-state index < -0.39 is 15.8 Å². The van der Waals surface area contributed by atoms with E-state index in [0.717, 1.165) is 5.56 Å². The van der Waals surface area contributed by atoms with Crippen molar-refractivity contribution in [3.63, 3.8) is 0 Å². The Morgan fingerprint density at radius 3 is 2.35 bits per heavy atom. The molecule has 0 N–H and O–H groups in total. The van der Waals surface area contributed by atoms with Crippen molar-refractivity contribution in [1.29, 1.82) is 5.26 Å². The average Bonchev–Trinajstić information content (AvgIpc) is 2.36. The van der Waals surface area contributed by atoms with Crippen molar-refractivity contribution in [3.8, 4) is 6.07 Å². The molecule has 0 aliphatic carbocycles. The highest BCUT2D eigenvalue weighted by Gasteiger charge is 2.24. The van der Waals surface area contributed by atoms with Crippen molar-refractivity contribution in [2.75, 3.05) is 5.75 Å². The summed E-state index contributed by atoms with van der Waals surface area (Å²) in [5.74, 6) is -0.669. The fourth-order valence-corrected chi connectivity index (χ4v) is 3.11. The van der Waals surface area contributed by atoms with Gasteiger partial charge in [0.05, 0.1) is 23.0 Å². The average molecular weight is 251 g/mol. The predicted octanol–water partition coefficient (Wildman–Crippen LogP) is 2.51. The molecule has 0 aromatic heterocycles. The Morgan fingerprint density at radius 1 is 1.29 bits per heavy atom. The Balaban J connectivity index is 2.90. The maximum atomic E-state index is 12.0. The van der Waals surface area contributed by atoms with Gasteiger partial charge in [-0.3, -0.25) is 0 Å². The van der Waals surface area contributed by atoms with Gasteiger partial charge in [-0.2, -0.15) is 5.26 Å². The quantitative estimate of drug-likeness (QED) is 0.808. The topological polar surface area (TPSA) is 57.9 Å². The van der Waals surface area contributed by atoms with Crippen LogP contribution < -0.4 is 0 Å². The van der Waals surface area contributed by atoms with Gasteiger partial charge in [0, 0.05) is 0 Å². The fraction of sp³-hybridized carbons (Fsp3) is 0.462. The lowest BCUT2D eigenvalue weighted by atomic mass is 10.0. The van der Waals surface area contributed by atoms with Crippen LogP contribution in [0.5, 0.6) is 0 Å². The molecule has 0 aliphatic rings. The third-order valence-corrected chi connectivity index (χ3v) is 5.30. The molecule has 4 heteroatoms. The molecule has 0 aliphatic heterocycles. The summed E-state index contributed by atoms with van der Waals surface area (Å²) in [6.45, 7) is 3.53. The first kappa shape index (κ1) is 13.7. The van der Waals surface area contributed by atoms with Crippen LogP contribution in [0.4, 0.5) is 0 Å². The highest BCUT2D eigenvalue weighted by molar-refractivity contribution is 7.92. The minimum Gasteiger partial charge on any atom is -0.229 e. The van der Waals surface area contributed by atoms with E-state index in [0.29, 0.717) is 6.42 Å². The summed E-state index contributed by atoms with van der Waals surface area (Å²) in [5, 5.41) is 8.70. The van der Waals surface area contributed by atoms with Crippen LogP contribution in [-0.2, 0) is 9.84 Å². The minimum absolute atomic E-state index is 0.0947. The molecule has 1 aromatic rings. The summed E-state index contributed by atoms with van der Waals surface area (Å²) in [5.41, 5.74) is 0.766. The zero-order valence-corrected chi connectivity index (χ0v) is 10.9. The van der Waals surface area contributed by atoms with Gasteiger partial charge in [0.15, 0.2) is 9.84 Å². The standard InChI is InChI=1S/C13H17NO2S/c1-3-11(2)17(15,16)10-13(9-14)12-7-5-4-6-8-12/h4-8,11,13H,3,10H2,1-2H3. The van der Waals surface area contributed by atoms with Crippen molar-refractivity contribution < 1.29 is 8.42 Å². The summed E-state index contributed by atoms with van der Waals surface area (Å²) in [7, 11) is -3.19. The van der Waals surface area contributed by atoms with Crippen LogP contribution in [0.25, 0.3) is 0 Å². The van der Waals surface area contributed by atoms with Crippen molar-refractivity contribution in [2.24, 2.45) is 0 Å². The number of sulfone groups is 1. The third kappa shape index (κ3) is 3.57. The summed E-state index contributed by atoms with van der Waals surface area (Å²) >= 11 is 0. The lowest BCUT2D eigenvalue weighted by Crippen LogP contribution is -2.23. The Hall–Kier alpha value is -1.34. The first-order chi connectivity index (χ1) is 8.01. The second-order valence-electron chi connectivity index (χ2n) is 4.14. The molecule has 2 atom stereocenters. The van der Waals surface area contributed by atoms with Gasteiger partial charge in [-0.05, 0) is 18.9 Å². The number of nitriles is 1. The maximum absolute atomic E-state index is 12.0. The van der Waals surface area contributed by atoms with Crippen LogP contribution in [0.2, 0.25) is 0 Å². The number of rotatable bonds is 5. The van der Waals surface area contributed by atoms with Crippen molar-refractivity contribution >= 4 is 9.84 Å². The molecule has 0 bridgehead atoms. The molecular formula is C13H17NO2S. The normalized spacial score (nSPS) is 14.9. The lowest BCUT2D eigenvalue weighted by Gasteiger charge is -2.14. The molecule has 17 heavy (non-hydrogen) atoms. The molecule has 0 saturated heterocycles. The van der Waals surface area contributed by atoms with Crippen molar-refractivity contribution in [3.05, 3.63) is 35.9 Å². The third-order valence-electron chi connectivity index (χ3n) is 2.94. The molecule has 0 fully saturated rings. The SMILES string of the molecule is CCC(C)S(=O)(=O)CC(C#N)c1ccccc1.